The van der Waals surface area contributed by atoms with Gasteiger partial charge in [0.15, 0.2) is 7.38 Å². The van der Waals surface area contributed by atoms with Crippen molar-refractivity contribution >= 4 is 41.7 Å². The van der Waals surface area contributed by atoms with Crippen LogP contribution < -0.4 is 0 Å². The van der Waals surface area contributed by atoms with Crippen LogP contribution in [0, 0.1) is 0 Å². The summed E-state index contributed by atoms with van der Waals surface area (Å²) in [6.07, 6.45) is 1.91. The molecule has 0 spiro atoms. The zero-order valence-corrected chi connectivity index (χ0v) is 9.39. The van der Waals surface area contributed by atoms with Gasteiger partial charge >= 0.3 is 0 Å². The molecule has 4 heteroatoms. The van der Waals surface area contributed by atoms with E-state index < -0.39 is 7.38 Å². The summed E-state index contributed by atoms with van der Waals surface area (Å²) in [6.45, 7) is 4.07. The molecule has 0 atom stereocenters. The normalized spacial score (nSPS) is 13.9. The van der Waals surface area contributed by atoms with Crippen LogP contribution in [0.3, 0.4) is 0 Å². The van der Waals surface area contributed by atoms with Crippen molar-refractivity contribution in [3.8, 4) is 0 Å². The summed E-state index contributed by atoms with van der Waals surface area (Å²) in [5.41, 5.74) is 0. The second-order valence-corrected chi connectivity index (χ2v) is 9.49. The molecule has 0 saturated heterocycles. The maximum atomic E-state index is 6.11. The Hall–Kier alpha value is 0.827. The summed E-state index contributed by atoms with van der Waals surface area (Å²) >= 11 is 17.3. The highest BCUT2D eigenvalue weighted by Gasteiger charge is 2.21. The van der Waals surface area contributed by atoms with E-state index >= 15 is 0 Å². The van der Waals surface area contributed by atoms with E-state index in [1.165, 1.54) is 0 Å². The van der Waals surface area contributed by atoms with Crippen molar-refractivity contribution in [2.75, 3.05) is 11.8 Å². The third kappa shape index (κ3) is 3.87. The molecule has 0 rings (SSSR count). The Morgan fingerprint density at radius 1 is 1.40 bits per heavy atom. The summed E-state index contributed by atoms with van der Waals surface area (Å²) in [5.74, 6) is 1.01. The second-order valence-electron chi connectivity index (χ2n) is 2.49. The highest BCUT2D eigenvalue weighted by Crippen LogP contribution is 2.20. The molecule has 0 aromatic carbocycles. The van der Waals surface area contributed by atoms with Crippen LogP contribution in [0.25, 0.3) is 0 Å². The first-order chi connectivity index (χ1) is 4.52. The molecule has 0 amide bonds. The topological polar surface area (TPSA) is 0 Å². The Morgan fingerprint density at radius 2 is 1.90 bits per heavy atom. The molecule has 0 fully saturated rings. The monoisotopic (exact) mass is 216 g/mol. The van der Waals surface area contributed by atoms with Crippen molar-refractivity contribution in [1.82, 2.24) is 0 Å². The van der Waals surface area contributed by atoms with Gasteiger partial charge in [-0.1, -0.05) is 24.4 Å². The van der Waals surface area contributed by atoms with Crippen molar-refractivity contribution in [2.24, 2.45) is 0 Å². The van der Waals surface area contributed by atoms with Gasteiger partial charge in [-0.25, -0.2) is 0 Å². The van der Waals surface area contributed by atoms with E-state index in [0.717, 1.165) is 5.20 Å². The minimum Gasteiger partial charge on any atom is -0.162 e. The molecular weight excluding hydrogens is 207 g/mol. The lowest BCUT2D eigenvalue weighted by atomic mass is 10.6. The Kier molecular flexibility index (Phi) is 5.04. The van der Waals surface area contributed by atoms with Crippen LogP contribution in [0.4, 0.5) is 0 Å². The van der Waals surface area contributed by atoms with Crippen LogP contribution in [-0.2, 0) is 0 Å². The van der Waals surface area contributed by atoms with E-state index in [1.807, 2.05) is 19.2 Å². The molecule has 0 aromatic rings. The zero-order valence-electron chi connectivity index (χ0n) is 6.13. The molecule has 0 aliphatic rings. The van der Waals surface area contributed by atoms with Crippen LogP contribution in [0.15, 0.2) is 11.3 Å². The first-order valence-corrected chi connectivity index (χ1v) is 8.10. The average molecular weight is 218 g/mol. The summed E-state index contributed by atoms with van der Waals surface area (Å²) in [4.78, 5) is 0. The standard InChI is InChI=1S/C6H11Cl3Si/c1-10(2,9)6(5-8)3-4-7/h3H,4-5H2,1-2H3/b6-3+. The Morgan fingerprint density at radius 3 is 2.00 bits per heavy atom. The SMILES string of the molecule is C[Si](C)(Cl)/C(=C/CCl)CCl. The van der Waals surface area contributed by atoms with Gasteiger partial charge in [0, 0.05) is 11.8 Å². The number of alkyl halides is 2. The van der Waals surface area contributed by atoms with Crippen LogP contribution in [-0.4, -0.2) is 19.1 Å². The van der Waals surface area contributed by atoms with Crippen molar-refractivity contribution < 1.29 is 0 Å². The lowest BCUT2D eigenvalue weighted by molar-refractivity contribution is 1.54. The molecule has 0 saturated carbocycles. The number of hydrogen-bond acceptors (Lipinski definition) is 0. The van der Waals surface area contributed by atoms with Gasteiger partial charge in [-0.15, -0.1) is 23.2 Å². The fraction of sp³-hybridized carbons (Fsp3) is 0.667. The lowest BCUT2D eigenvalue weighted by Gasteiger charge is -2.14. The molecular formula is C6H11Cl3Si. The highest BCUT2D eigenvalue weighted by atomic mass is 35.6. The van der Waals surface area contributed by atoms with Crippen molar-refractivity contribution in [3.63, 3.8) is 0 Å². The van der Waals surface area contributed by atoms with E-state index in [9.17, 15) is 0 Å². The van der Waals surface area contributed by atoms with Gasteiger partial charge < -0.3 is 0 Å². The predicted octanol–water partition coefficient (Wildman–Crippen LogP) is 3.37. The number of rotatable bonds is 3. The third-order valence-electron chi connectivity index (χ3n) is 1.23. The summed E-state index contributed by atoms with van der Waals surface area (Å²) in [7, 11) is -1.69. The van der Waals surface area contributed by atoms with Gasteiger partial charge in [0.2, 0.25) is 0 Å². The number of allylic oxidation sites excluding steroid dienone is 2. The molecule has 0 aliphatic carbocycles. The summed E-state index contributed by atoms with van der Waals surface area (Å²) in [5, 5.41) is 1.12. The third-order valence-corrected chi connectivity index (χ3v) is 4.53. The van der Waals surface area contributed by atoms with E-state index in [-0.39, 0.29) is 0 Å². The molecule has 0 unspecified atom stereocenters. The molecule has 0 bridgehead atoms. The molecule has 0 N–H and O–H groups in total. The van der Waals surface area contributed by atoms with Crippen LogP contribution in [0.5, 0.6) is 0 Å². The van der Waals surface area contributed by atoms with Crippen LogP contribution in [0.2, 0.25) is 13.1 Å². The quantitative estimate of drug-likeness (QED) is 0.386. The van der Waals surface area contributed by atoms with E-state index in [0.29, 0.717) is 11.8 Å². The van der Waals surface area contributed by atoms with Gasteiger partial charge in [-0.3, -0.25) is 0 Å². The first-order valence-electron chi connectivity index (χ1n) is 3.02. The molecule has 0 radical (unpaired) electrons. The van der Waals surface area contributed by atoms with Crippen molar-refractivity contribution in [2.45, 2.75) is 13.1 Å². The van der Waals surface area contributed by atoms with Gasteiger partial charge in [0.25, 0.3) is 0 Å². The fourth-order valence-electron chi connectivity index (χ4n) is 0.549. The summed E-state index contributed by atoms with van der Waals surface area (Å²) < 4.78 is 0. The van der Waals surface area contributed by atoms with Crippen molar-refractivity contribution in [1.29, 1.82) is 0 Å². The maximum absolute atomic E-state index is 6.11. The van der Waals surface area contributed by atoms with Gasteiger partial charge in [-0.2, -0.15) is 11.1 Å². The van der Waals surface area contributed by atoms with Gasteiger partial charge in [0.1, 0.15) is 0 Å². The zero-order chi connectivity index (χ0) is 8.20. The summed E-state index contributed by atoms with van der Waals surface area (Å²) in [6, 6.07) is 0. The van der Waals surface area contributed by atoms with Gasteiger partial charge in [-0.05, 0) is 0 Å². The fourth-order valence-corrected chi connectivity index (χ4v) is 3.52. The highest BCUT2D eigenvalue weighted by molar-refractivity contribution is 7.23. The molecule has 0 nitrogen and oxygen atoms in total. The second kappa shape index (κ2) is 4.65. The maximum Gasteiger partial charge on any atom is 0.177 e. The molecule has 60 valence electrons. The Bertz CT molecular complexity index is 125. The van der Waals surface area contributed by atoms with E-state index in [4.69, 9.17) is 34.3 Å². The largest absolute Gasteiger partial charge is 0.177 e. The number of hydrogen-bond donors (Lipinski definition) is 0. The average Bonchev–Trinajstić information content (AvgIpc) is 1.80. The minimum atomic E-state index is -1.69. The molecule has 0 aromatic heterocycles. The predicted molar refractivity (Wildman–Crippen MR) is 52.9 cm³/mol. The molecule has 0 aliphatic heterocycles. The Labute approximate surface area is 77.9 Å². The van der Waals surface area contributed by atoms with Crippen LogP contribution in [0.1, 0.15) is 0 Å². The van der Waals surface area contributed by atoms with E-state index in [1.54, 1.807) is 0 Å². The smallest absolute Gasteiger partial charge is 0.162 e. The van der Waals surface area contributed by atoms with Crippen LogP contribution >= 0.6 is 34.3 Å². The first kappa shape index (κ1) is 10.8. The molecule has 10 heavy (non-hydrogen) atoms. The lowest BCUT2D eigenvalue weighted by Crippen LogP contribution is -2.22. The molecule has 0 heterocycles. The van der Waals surface area contributed by atoms with E-state index in [2.05, 4.69) is 0 Å². The Balaban J connectivity index is 4.21. The van der Waals surface area contributed by atoms with Crippen molar-refractivity contribution in [3.05, 3.63) is 11.3 Å². The number of halogens is 3. The minimum absolute atomic E-state index is 0.505. The van der Waals surface area contributed by atoms with Gasteiger partial charge in [0.05, 0.1) is 0 Å².